The van der Waals surface area contributed by atoms with Gasteiger partial charge in [-0.05, 0) is 51.4 Å². The summed E-state index contributed by atoms with van der Waals surface area (Å²) in [6.07, 6.45) is 2.00. The number of amides is 2. The highest BCUT2D eigenvalue weighted by Gasteiger charge is 2.13. The van der Waals surface area contributed by atoms with Gasteiger partial charge < -0.3 is 10.6 Å². The first-order valence-electron chi connectivity index (χ1n) is 8.17. The maximum Gasteiger partial charge on any atom is 0.238 e. The van der Waals surface area contributed by atoms with Gasteiger partial charge in [-0.25, -0.2) is 0 Å². The van der Waals surface area contributed by atoms with E-state index in [9.17, 15) is 9.59 Å². The van der Waals surface area contributed by atoms with Crippen molar-refractivity contribution in [3.63, 3.8) is 0 Å². The Hall–Kier alpha value is -1.88. The van der Waals surface area contributed by atoms with E-state index in [0.717, 1.165) is 29.7 Å². The van der Waals surface area contributed by atoms with E-state index >= 15 is 0 Å². The summed E-state index contributed by atoms with van der Waals surface area (Å²) in [5.41, 5.74) is 3.03. The van der Waals surface area contributed by atoms with E-state index in [4.69, 9.17) is 0 Å². The zero-order valence-electron chi connectivity index (χ0n) is 14.9. The Labute approximate surface area is 139 Å². The van der Waals surface area contributed by atoms with Crippen LogP contribution in [0.3, 0.4) is 0 Å². The summed E-state index contributed by atoms with van der Waals surface area (Å²) in [4.78, 5) is 25.7. The lowest BCUT2D eigenvalue weighted by molar-refractivity contribution is -0.123. The van der Waals surface area contributed by atoms with Crippen molar-refractivity contribution >= 4 is 17.5 Å². The molecule has 2 amide bonds. The number of benzene rings is 1. The third-order valence-electron chi connectivity index (χ3n) is 3.83. The Balaban J connectivity index is 2.44. The Morgan fingerprint density at radius 2 is 1.83 bits per heavy atom. The van der Waals surface area contributed by atoms with Crippen LogP contribution in [0, 0.1) is 13.8 Å². The molecule has 0 aromatic heterocycles. The molecule has 0 saturated carbocycles. The normalized spacial score (nSPS) is 12.1. The van der Waals surface area contributed by atoms with Gasteiger partial charge in [0.05, 0.1) is 13.1 Å². The standard InChI is InChI=1S/C18H29N3O2/c1-6-8-14(3)19-17(22)11-21(5)12-18(23)20-16-10-7-9-13(2)15(16)4/h7,9-10,14H,6,8,11-12H2,1-5H3,(H,19,22)(H,20,23)/t14-/m1/s1. The molecule has 0 radical (unpaired) electrons. The monoisotopic (exact) mass is 319 g/mol. The SMILES string of the molecule is CCC[C@@H](C)NC(=O)CN(C)CC(=O)Nc1cccc(C)c1C. The van der Waals surface area contributed by atoms with Crippen molar-refractivity contribution in [1.82, 2.24) is 10.2 Å². The number of carbonyl (C=O) groups is 2. The first-order chi connectivity index (χ1) is 10.8. The summed E-state index contributed by atoms with van der Waals surface area (Å²) < 4.78 is 0. The van der Waals surface area contributed by atoms with Gasteiger partial charge in [-0.3, -0.25) is 14.5 Å². The minimum absolute atomic E-state index is 0.0482. The molecule has 0 fully saturated rings. The molecule has 1 rings (SSSR count). The summed E-state index contributed by atoms with van der Waals surface area (Å²) in [6.45, 7) is 8.48. The number of hydrogen-bond donors (Lipinski definition) is 2. The van der Waals surface area contributed by atoms with Crippen LogP contribution in [0.25, 0.3) is 0 Å². The fourth-order valence-electron chi connectivity index (χ4n) is 2.45. The van der Waals surface area contributed by atoms with Gasteiger partial charge in [-0.1, -0.05) is 25.5 Å². The highest BCUT2D eigenvalue weighted by Crippen LogP contribution is 2.17. The van der Waals surface area contributed by atoms with Gasteiger partial charge in [0.15, 0.2) is 0 Å². The minimum Gasteiger partial charge on any atom is -0.353 e. The molecular formula is C18H29N3O2. The maximum absolute atomic E-state index is 12.1. The van der Waals surface area contributed by atoms with Crippen LogP contribution >= 0.6 is 0 Å². The molecule has 0 unspecified atom stereocenters. The lowest BCUT2D eigenvalue weighted by Crippen LogP contribution is -2.42. The van der Waals surface area contributed by atoms with E-state index in [1.54, 1.807) is 11.9 Å². The van der Waals surface area contributed by atoms with Crippen molar-refractivity contribution in [3.05, 3.63) is 29.3 Å². The van der Waals surface area contributed by atoms with Crippen LogP contribution < -0.4 is 10.6 Å². The maximum atomic E-state index is 12.1. The predicted molar refractivity (Wildman–Crippen MR) is 94.6 cm³/mol. The van der Waals surface area contributed by atoms with Gasteiger partial charge >= 0.3 is 0 Å². The van der Waals surface area contributed by atoms with Crippen LogP contribution in [-0.4, -0.2) is 42.9 Å². The molecule has 1 aromatic rings. The van der Waals surface area contributed by atoms with Crippen LogP contribution in [0.4, 0.5) is 5.69 Å². The topological polar surface area (TPSA) is 61.4 Å². The Kier molecular flexibility index (Phi) is 7.75. The Morgan fingerprint density at radius 3 is 2.48 bits per heavy atom. The van der Waals surface area contributed by atoms with Gasteiger partial charge in [-0.15, -0.1) is 0 Å². The van der Waals surface area contributed by atoms with Crippen LogP contribution in [0.1, 0.15) is 37.8 Å². The molecule has 0 spiro atoms. The van der Waals surface area contributed by atoms with Gasteiger partial charge in [0, 0.05) is 11.7 Å². The van der Waals surface area contributed by atoms with E-state index in [2.05, 4.69) is 17.6 Å². The van der Waals surface area contributed by atoms with Crippen LogP contribution in [0.2, 0.25) is 0 Å². The third-order valence-corrected chi connectivity index (χ3v) is 3.83. The van der Waals surface area contributed by atoms with E-state index < -0.39 is 0 Å². The van der Waals surface area contributed by atoms with Crippen LogP contribution in [-0.2, 0) is 9.59 Å². The van der Waals surface area contributed by atoms with E-state index in [-0.39, 0.29) is 30.9 Å². The summed E-state index contributed by atoms with van der Waals surface area (Å²) in [5, 5.41) is 5.84. The Bertz CT molecular complexity index is 543. The largest absolute Gasteiger partial charge is 0.353 e. The van der Waals surface area contributed by atoms with Crippen molar-refractivity contribution in [2.24, 2.45) is 0 Å². The molecule has 1 atom stereocenters. The second-order valence-electron chi connectivity index (χ2n) is 6.23. The molecule has 1 aromatic carbocycles. The molecule has 0 heterocycles. The smallest absolute Gasteiger partial charge is 0.238 e. The fourth-order valence-corrected chi connectivity index (χ4v) is 2.45. The molecule has 0 saturated heterocycles. The zero-order valence-corrected chi connectivity index (χ0v) is 14.9. The van der Waals surface area contributed by atoms with Gasteiger partial charge in [0.2, 0.25) is 11.8 Å². The number of anilines is 1. The number of nitrogens with one attached hydrogen (secondary N) is 2. The van der Waals surface area contributed by atoms with E-state index in [1.165, 1.54) is 0 Å². The lowest BCUT2D eigenvalue weighted by Gasteiger charge is -2.19. The molecular weight excluding hydrogens is 290 g/mol. The van der Waals surface area contributed by atoms with Crippen LogP contribution in [0.15, 0.2) is 18.2 Å². The second-order valence-corrected chi connectivity index (χ2v) is 6.23. The molecule has 2 N–H and O–H groups in total. The first-order valence-corrected chi connectivity index (χ1v) is 8.17. The molecule has 0 aliphatic carbocycles. The lowest BCUT2D eigenvalue weighted by atomic mass is 10.1. The quantitative estimate of drug-likeness (QED) is 0.774. The molecule has 128 valence electrons. The van der Waals surface area contributed by atoms with E-state index in [0.29, 0.717) is 0 Å². The number of aryl methyl sites for hydroxylation is 1. The Morgan fingerprint density at radius 1 is 1.17 bits per heavy atom. The number of carbonyl (C=O) groups excluding carboxylic acids is 2. The number of likely N-dealkylation sites (N-methyl/N-ethyl adjacent to an activating group) is 1. The van der Waals surface area contributed by atoms with Crippen molar-refractivity contribution in [3.8, 4) is 0 Å². The predicted octanol–water partition coefficient (Wildman–Crippen LogP) is 2.48. The highest BCUT2D eigenvalue weighted by atomic mass is 16.2. The van der Waals surface area contributed by atoms with Gasteiger partial charge in [-0.2, -0.15) is 0 Å². The summed E-state index contributed by atoms with van der Waals surface area (Å²) >= 11 is 0. The van der Waals surface area contributed by atoms with Crippen molar-refractivity contribution in [2.75, 3.05) is 25.5 Å². The average Bonchev–Trinajstić information content (AvgIpc) is 2.43. The van der Waals surface area contributed by atoms with Crippen LogP contribution in [0.5, 0.6) is 0 Å². The second kappa shape index (κ2) is 9.30. The number of nitrogens with zero attached hydrogens (tertiary/aromatic N) is 1. The summed E-state index contributed by atoms with van der Waals surface area (Å²) in [7, 11) is 1.77. The summed E-state index contributed by atoms with van der Waals surface area (Å²) in [6, 6.07) is 5.99. The van der Waals surface area contributed by atoms with Crippen molar-refractivity contribution in [1.29, 1.82) is 0 Å². The third kappa shape index (κ3) is 6.82. The number of rotatable bonds is 8. The minimum atomic E-state index is -0.115. The van der Waals surface area contributed by atoms with Crippen molar-refractivity contribution < 1.29 is 9.59 Å². The first kappa shape index (κ1) is 19.2. The molecule has 0 aliphatic heterocycles. The zero-order chi connectivity index (χ0) is 17.4. The van der Waals surface area contributed by atoms with E-state index in [1.807, 2.05) is 39.0 Å². The molecule has 0 aliphatic rings. The molecule has 5 heteroatoms. The molecule has 23 heavy (non-hydrogen) atoms. The van der Waals surface area contributed by atoms with Gasteiger partial charge in [0.25, 0.3) is 0 Å². The summed E-state index contributed by atoms with van der Waals surface area (Å²) in [5.74, 6) is -0.163. The molecule has 5 nitrogen and oxygen atoms in total. The number of hydrogen-bond acceptors (Lipinski definition) is 3. The highest BCUT2D eigenvalue weighted by molar-refractivity contribution is 5.93. The average molecular weight is 319 g/mol. The van der Waals surface area contributed by atoms with Gasteiger partial charge in [0.1, 0.15) is 0 Å². The van der Waals surface area contributed by atoms with Crippen molar-refractivity contribution in [2.45, 2.75) is 46.6 Å². The fraction of sp³-hybridized carbons (Fsp3) is 0.556. The molecule has 0 bridgehead atoms.